The van der Waals surface area contributed by atoms with E-state index in [0.29, 0.717) is 17.9 Å². The molecule has 1 heterocycles. The Balaban J connectivity index is 0.00000312. The second-order valence-corrected chi connectivity index (χ2v) is 6.90. The Morgan fingerprint density at radius 3 is 2.56 bits per heavy atom. The summed E-state index contributed by atoms with van der Waals surface area (Å²) in [5.41, 5.74) is 0.646. The monoisotopic (exact) mass is 385 g/mol. The lowest BCUT2D eigenvalue weighted by Gasteiger charge is -2.15. The lowest BCUT2D eigenvalue weighted by atomic mass is 10.2. The molecule has 0 saturated carbocycles. The van der Waals surface area contributed by atoms with Gasteiger partial charge in [0, 0.05) is 31.1 Å². The van der Waals surface area contributed by atoms with Crippen molar-refractivity contribution in [2.75, 3.05) is 38.5 Å². The van der Waals surface area contributed by atoms with Gasteiger partial charge in [0.05, 0.1) is 11.3 Å². The van der Waals surface area contributed by atoms with Crippen molar-refractivity contribution in [2.45, 2.75) is 31.1 Å². The fourth-order valence-electron chi connectivity index (χ4n) is 2.64. The molecule has 0 spiro atoms. The first kappa shape index (κ1) is 21.8. The van der Waals surface area contributed by atoms with Gasteiger partial charge in [0.1, 0.15) is 0 Å². The molecule has 1 saturated heterocycles. The minimum absolute atomic E-state index is 0. The van der Waals surface area contributed by atoms with E-state index in [0.717, 1.165) is 50.3 Å². The molecule has 0 unspecified atom stereocenters. The molecule has 2 N–H and O–H groups in total. The molecule has 7 heteroatoms. The molecule has 0 bridgehead atoms. The summed E-state index contributed by atoms with van der Waals surface area (Å²) >= 11 is 1.45. The van der Waals surface area contributed by atoms with Gasteiger partial charge in [0.2, 0.25) is 5.91 Å². The molecular formula is C18H28ClN3O2S. The van der Waals surface area contributed by atoms with E-state index in [1.165, 1.54) is 11.8 Å². The van der Waals surface area contributed by atoms with Crippen LogP contribution in [0.3, 0.4) is 0 Å². The molecular weight excluding hydrogens is 358 g/mol. The molecule has 5 nitrogen and oxygen atoms in total. The number of hydrogen-bond donors (Lipinski definition) is 2. The lowest BCUT2D eigenvalue weighted by Crippen LogP contribution is -2.32. The van der Waals surface area contributed by atoms with Gasteiger partial charge in [-0.1, -0.05) is 19.1 Å². The van der Waals surface area contributed by atoms with Crippen molar-refractivity contribution in [1.82, 2.24) is 15.5 Å². The zero-order valence-corrected chi connectivity index (χ0v) is 16.4. The van der Waals surface area contributed by atoms with Crippen molar-refractivity contribution in [3.05, 3.63) is 29.8 Å². The number of thioether (sulfide) groups is 1. The molecule has 140 valence electrons. The van der Waals surface area contributed by atoms with Crippen molar-refractivity contribution < 1.29 is 9.59 Å². The number of nitrogens with zero attached hydrogens (tertiary/aromatic N) is 1. The maximum atomic E-state index is 12.4. The third-order valence-corrected chi connectivity index (χ3v) is 5.01. The van der Waals surface area contributed by atoms with Gasteiger partial charge in [0.15, 0.2) is 0 Å². The van der Waals surface area contributed by atoms with Crippen LogP contribution in [0.25, 0.3) is 0 Å². The van der Waals surface area contributed by atoms with Crippen molar-refractivity contribution in [3.63, 3.8) is 0 Å². The van der Waals surface area contributed by atoms with Crippen LogP contribution < -0.4 is 10.6 Å². The number of rotatable bonds is 9. The number of benzene rings is 1. The molecule has 1 fully saturated rings. The predicted molar refractivity (Wildman–Crippen MR) is 106 cm³/mol. The third kappa shape index (κ3) is 7.26. The maximum absolute atomic E-state index is 12.4. The normalized spacial score (nSPS) is 13.4. The number of hydrogen-bond acceptors (Lipinski definition) is 4. The van der Waals surface area contributed by atoms with Gasteiger partial charge < -0.3 is 15.5 Å². The second-order valence-electron chi connectivity index (χ2n) is 5.88. The largest absolute Gasteiger partial charge is 0.351 e. The highest BCUT2D eigenvalue weighted by Crippen LogP contribution is 2.23. The standard InChI is InChI=1S/C18H27N3O2S.ClH/c1-2-9-19-10-11-20-18(23)15-7-3-4-8-16(15)24-14-17(22)21-12-5-6-13-21;/h3-4,7-8,19H,2,5-6,9-14H2,1H3,(H,20,23);1H. The Kier molecular flexibility index (Phi) is 10.6. The topological polar surface area (TPSA) is 61.4 Å². The Hall–Kier alpha value is -1.24. The highest BCUT2D eigenvalue weighted by molar-refractivity contribution is 8.00. The van der Waals surface area contributed by atoms with Crippen LogP contribution in [-0.4, -0.2) is 55.2 Å². The first-order chi connectivity index (χ1) is 11.7. The van der Waals surface area contributed by atoms with Gasteiger partial charge in [-0.3, -0.25) is 9.59 Å². The first-order valence-electron chi connectivity index (χ1n) is 8.71. The quantitative estimate of drug-likeness (QED) is 0.506. The lowest BCUT2D eigenvalue weighted by molar-refractivity contribution is -0.127. The molecule has 0 aliphatic carbocycles. The number of likely N-dealkylation sites (tertiary alicyclic amines) is 1. The third-order valence-electron chi connectivity index (χ3n) is 3.96. The van der Waals surface area contributed by atoms with E-state index in [4.69, 9.17) is 0 Å². The van der Waals surface area contributed by atoms with Gasteiger partial charge in [-0.15, -0.1) is 24.2 Å². The molecule has 1 aromatic rings. The van der Waals surface area contributed by atoms with Crippen LogP contribution in [-0.2, 0) is 4.79 Å². The Morgan fingerprint density at radius 2 is 1.84 bits per heavy atom. The zero-order chi connectivity index (χ0) is 17.2. The molecule has 0 aromatic heterocycles. The first-order valence-corrected chi connectivity index (χ1v) is 9.69. The van der Waals surface area contributed by atoms with Crippen LogP contribution >= 0.6 is 24.2 Å². The van der Waals surface area contributed by atoms with E-state index < -0.39 is 0 Å². The van der Waals surface area contributed by atoms with E-state index in [1.54, 1.807) is 0 Å². The van der Waals surface area contributed by atoms with Crippen LogP contribution in [0.4, 0.5) is 0 Å². The Labute approximate surface area is 160 Å². The van der Waals surface area contributed by atoms with Crippen LogP contribution in [0.2, 0.25) is 0 Å². The van der Waals surface area contributed by atoms with Crippen molar-refractivity contribution in [2.24, 2.45) is 0 Å². The minimum Gasteiger partial charge on any atom is -0.351 e. The number of carbonyl (C=O) groups excluding carboxylic acids is 2. The van der Waals surface area contributed by atoms with Gasteiger partial charge >= 0.3 is 0 Å². The molecule has 0 atom stereocenters. The van der Waals surface area contributed by atoms with E-state index in [9.17, 15) is 9.59 Å². The summed E-state index contributed by atoms with van der Waals surface area (Å²) in [5, 5.41) is 6.19. The summed E-state index contributed by atoms with van der Waals surface area (Å²) in [5.74, 6) is 0.476. The summed E-state index contributed by atoms with van der Waals surface area (Å²) in [6.07, 6.45) is 3.28. The summed E-state index contributed by atoms with van der Waals surface area (Å²) in [4.78, 5) is 27.3. The number of carbonyl (C=O) groups is 2. The average Bonchev–Trinajstić information content (AvgIpc) is 3.14. The number of nitrogens with one attached hydrogen (secondary N) is 2. The Bertz CT molecular complexity index is 551. The highest BCUT2D eigenvalue weighted by Gasteiger charge is 2.19. The number of amides is 2. The van der Waals surface area contributed by atoms with E-state index in [-0.39, 0.29) is 24.2 Å². The zero-order valence-electron chi connectivity index (χ0n) is 14.8. The van der Waals surface area contributed by atoms with Crippen LogP contribution in [0.5, 0.6) is 0 Å². The Morgan fingerprint density at radius 1 is 1.12 bits per heavy atom. The van der Waals surface area contributed by atoms with Crippen LogP contribution in [0.15, 0.2) is 29.2 Å². The summed E-state index contributed by atoms with van der Waals surface area (Å²) in [6.45, 7) is 6.18. The van der Waals surface area contributed by atoms with Crippen molar-refractivity contribution in [1.29, 1.82) is 0 Å². The van der Waals surface area contributed by atoms with E-state index >= 15 is 0 Å². The molecule has 2 rings (SSSR count). The van der Waals surface area contributed by atoms with Gasteiger partial charge in [-0.05, 0) is 37.9 Å². The van der Waals surface area contributed by atoms with E-state index in [1.807, 2.05) is 29.2 Å². The molecule has 25 heavy (non-hydrogen) atoms. The fraction of sp³-hybridized carbons (Fsp3) is 0.556. The average molecular weight is 386 g/mol. The predicted octanol–water partition coefficient (Wildman–Crippen LogP) is 2.55. The minimum atomic E-state index is -0.0787. The number of halogens is 1. The molecule has 1 aromatic carbocycles. The summed E-state index contributed by atoms with van der Waals surface area (Å²) in [6, 6.07) is 7.49. The van der Waals surface area contributed by atoms with Crippen molar-refractivity contribution >= 4 is 36.0 Å². The van der Waals surface area contributed by atoms with Crippen LogP contribution in [0, 0.1) is 0 Å². The molecule has 2 amide bonds. The van der Waals surface area contributed by atoms with Crippen LogP contribution in [0.1, 0.15) is 36.5 Å². The second kappa shape index (κ2) is 12.2. The van der Waals surface area contributed by atoms with Gasteiger partial charge in [-0.2, -0.15) is 0 Å². The maximum Gasteiger partial charge on any atom is 0.252 e. The summed E-state index contributed by atoms with van der Waals surface area (Å²) in [7, 11) is 0. The summed E-state index contributed by atoms with van der Waals surface area (Å²) < 4.78 is 0. The fourth-order valence-corrected chi connectivity index (χ4v) is 3.59. The molecule has 1 aliphatic rings. The SMILES string of the molecule is CCCNCCNC(=O)c1ccccc1SCC(=O)N1CCCC1.Cl. The molecule has 0 radical (unpaired) electrons. The highest BCUT2D eigenvalue weighted by atomic mass is 35.5. The molecule has 1 aliphatic heterocycles. The van der Waals surface area contributed by atoms with Gasteiger partial charge in [-0.25, -0.2) is 0 Å². The smallest absolute Gasteiger partial charge is 0.252 e. The van der Waals surface area contributed by atoms with E-state index in [2.05, 4.69) is 17.6 Å². The van der Waals surface area contributed by atoms with Crippen molar-refractivity contribution in [3.8, 4) is 0 Å². The van der Waals surface area contributed by atoms with Gasteiger partial charge in [0.25, 0.3) is 5.91 Å².